The minimum Gasteiger partial charge on any atom is -0.459 e. The Bertz CT molecular complexity index is 440. The Morgan fingerprint density at radius 2 is 1.50 bits per heavy atom. The lowest BCUT2D eigenvalue weighted by atomic mass is 10.2. The Morgan fingerprint density at radius 3 is 1.85 bits per heavy atom. The van der Waals surface area contributed by atoms with E-state index in [1.54, 1.807) is 20.8 Å². The van der Waals surface area contributed by atoms with E-state index >= 15 is 0 Å². The van der Waals surface area contributed by atoms with Crippen molar-refractivity contribution in [3.63, 3.8) is 0 Å². The highest BCUT2D eigenvalue weighted by Gasteiger charge is 2.38. The molecule has 20 heavy (non-hydrogen) atoms. The van der Waals surface area contributed by atoms with Crippen LogP contribution < -0.4 is 0 Å². The maximum absolute atomic E-state index is 11.9. The van der Waals surface area contributed by atoms with Crippen LogP contribution in [-0.4, -0.2) is 40.0 Å². The standard InChI is InChI=1S/C13H28O5SSi/c1-12(2,3)18-11(14)9-19(15,16)10-17-20(7,8)13(4,5)6/h9-10H2,1-8H3. The van der Waals surface area contributed by atoms with Gasteiger partial charge in [0.1, 0.15) is 11.5 Å². The first-order valence-corrected chi connectivity index (χ1v) is 11.3. The lowest BCUT2D eigenvalue weighted by Gasteiger charge is -2.35. The van der Waals surface area contributed by atoms with E-state index in [1.807, 2.05) is 33.9 Å². The normalized spacial score (nSPS) is 14.2. The van der Waals surface area contributed by atoms with E-state index in [4.69, 9.17) is 9.16 Å². The molecule has 0 heterocycles. The third-order valence-corrected chi connectivity index (χ3v) is 9.00. The molecule has 0 rings (SSSR count). The highest BCUT2D eigenvalue weighted by Crippen LogP contribution is 2.36. The third kappa shape index (κ3) is 7.40. The zero-order valence-electron chi connectivity index (χ0n) is 13.9. The molecule has 0 bridgehead atoms. The topological polar surface area (TPSA) is 69.7 Å². The first-order valence-electron chi connectivity index (χ1n) is 6.62. The van der Waals surface area contributed by atoms with Crippen LogP contribution in [-0.2, 0) is 23.8 Å². The Labute approximate surface area is 124 Å². The smallest absolute Gasteiger partial charge is 0.321 e. The van der Waals surface area contributed by atoms with Crippen LogP contribution in [0.4, 0.5) is 0 Å². The van der Waals surface area contributed by atoms with Crippen LogP contribution in [0, 0.1) is 0 Å². The summed E-state index contributed by atoms with van der Waals surface area (Å²) in [6.45, 7) is 15.1. The molecule has 0 saturated heterocycles. The van der Waals surface area contributed by atoms with Gasteiger partial charge < -0.3 is 9.16 Å². The first kappa shape index (κ1) is 19.6. The molecular formula is C13H28O5SSi. The molecule has 5 nitrogen and oxygen atoms in total. The van der Waals surface area contributed by atoms with E-state index in [0.29, 0.717) is 0 Å². The van der Waals surface area contributed by atoms with Gasteiger partial charge in [-0.25, -0.2) is 8.42 Å². The monoisotopic (exact) mass is 324 g/mol. The third-order valence-electron chi connectivity index (χ3n) is 3.16. The number of carbonyl (C=O) groups excluding carboxylic acids is 1. The molecule has 0 atom stereocenters. The Hall–Kier alpha value is -0.403. The van der Waals surface area contributed by atoms with Gasteiger partial charge in [-0.2, -0.15) is 0 Å². The molecule has 0 aliphatic rings. The van der Waals surface area contributed by atoms with Gasteiger partial charge in [0.15, 0.2) is 23.9 Å². The Balaban J connectivity index is 4.60. The molecule has 0 radical (unpaired) electrons. The van der Waals surface area contributed by atoms with Crippen molar-refractivity contribution in [3.8, 4) is 0 Å². The molecule has 0 saturated carbocycles. The van der Waals surface area contributed by atoms with Gasteiger partial charge >= 0.3 is 5.97 Å². The number of carbonyl (C=O) groups is 1. The summed E-state index contributed by atoms with van der Waals surface area (Å²) < 4.78 is 34.4. The number of hydrogen-bond acceptors (Lipinski definition) is 5. The van der Waals surface area contributed by atoms with Crippen LogP contribution in [0.5, 0.6) is 0 Å². The number of rotatable bonds is 5. The molecule has 0 aliphatic heterocycles. The van der Waals surface area contributed by atoms with Crippen LogP contribution in [0.25, 0.3) is 0 Å². The summed E-state index contributed by atoms with van der Waals surface area (Å²) in [6, 6.07) is 0. The minimum absolute atomic E-state index is 0.0750. The summed E-state index contributed by atoms with van der Waals surface area (Å²) in [4.78, 5) is 11.6. The molecule has 120 valence electrons. The maximum atomic E-state index is 11.9. The van der Waals surface area contributed by atoms with Gasteiger partial charge in [-0.3, -0.25) is 4.79 Å². The van der Waals surface area contributed by atoms with Crippen molar-refractivity contribution in [2.75, 3.05) is 11.7 Å². The highest BCUT2D eigenvalue weighted by molar-refractivity contribution is 7.91. The van der Waals surface area contributed by atoms with Gasteiger partial charge in [-0.15, -0.1) is 0 Å². The van der Waals surface area contributed by atoms with Gasteiger partial charge in [0.25, 0.3) is 0 Å². The Morgan fingerprint density at radius 1 is 1.05 bits per heavy atom. The number of ether oxygens (including phenoxy) is 1. The second-order valence-corrected chi connectivity index (χ2v) is 14.3. The lowest BCUT2D eigenvalue weighted by Crippen LogP contribution is -2.42. The average molecular weight is 325 g/mol. The fourth-order valence-corrected chi connectivity index (χ4v) is 3.88. The van der Waals surface area contributed by atoms with Crippen LogP contribution in [0.3, 0.4) is 0 Å². The van der Waals surface area contributed by atoms with E-state index in [2.05, 4.69) is 0 Å². The van der Waals surface area contributed by atoms with Gasteiger partial charge in [0.2, 0.25) is 0 Å². The van der Waals surface area contributed by atoms with E-state index in [9.17, 15) is 13.2 Å². The molecule has 0 fully saturated rings. The van der Waals surface area contributed by atoms with E-state index in [0.717, 1.165) is 0 Å². The number of hydrogen-bond donors (Lipinski definition) is 0. The largest absolute Gasteiger partial charge is 0.459 e. The summed E-state index contributed by atoms with van der Waals surface area (Å²) in [5, 5.41) is -0.0750. The molecule has 7 heteroatoms. The van der Waals surface area contributed by atoms with Gasteiger partial charge in [-0.1, -0.05) is 20.8 Å². The summed E-state index contributed by atoms with van der Waals surface area (Å²) >= 11 is 0. The van der Waals surface area contributed by atoms with Crippen molar-refractivity contribution in [1.82, 2.24) is 0 Å². The fourth-order valence-electron chi connectivity index (χ4n) is 1.05. The van der Waals surface area contributed by atoms with Crippen LogP contribution >= 0.6 is 0 Å². The number of esters is 1. The molecule has 0 spiro atoms. The molecule has 0 unspecified atom stereocenters. The predicted molar refractivity (Wildman–Crippen MR) is 82.8 cm³/mol. The molecule has 0 aliphatic carbocycles. The van der Waals surface area contributed by atoms with Crippen molar-refractivity contribution in [1.29, 1.82) is 0 Å². The zero-order valence-corrected chi connectivity index (χ0v) is 15.7. The van der Waals surface area contributed by atoms with Crippen molar-refractivity contribution in [2.24, 2.45) is 0 Å². The van der Waals surface area contributed by atoms with Crippen molar-refractivity contribution < 1.29 is 22.4 Å². The predicted octanol–water partition coefficient (Wildman–Crippen LogP) is 2.72. The molecule has 0 N–H and O–H groups in total. The second kappa shape index (κ2) is 6.15. The molecule has 0 amide bonds. The fraction of sp³-hybridized carbons (Fsp3) is 0.923. The second-order valence-electron chi connectivity index (χ2n) is 7.50. The summed E-state index contributed by atoms with van der Waals surface area (Å²) in [6.07, 6.45) is 0. The van der Waals surface area contributed by atoms with Crippen molar-refractivity contribution >= 4 is 24.1 Å². The quantitative estimate of drug-likeness (QED) is 0.574. The van der Waals surface area contributed by atoms with E-state index < -0.39 is 41.4 Å². The molecule has 0 aromatic rings. The van der Waals surface area contributed by atoms with Gasteiger partial charge in [-0.05, 0) is 38.9 Å². The van der Waals surface area contributed by atoms with Crippen molar-refractivity contribution in [2.45, 2.75) is 65.3 Å². The van der Waals surface area contributed by atoms with E-state index in [-0.39, 0.29) is 5.04 Å². The lowest BCUT2D eigenvalue weighted by molar-refractivity contribution is -0.151. The minimum atomic E-state index is -3.61. The average Bonchev–Trinajstić information content (AvgIpc) is 2.08. The van der Waals surface area contributed by atoms with Crippen LogP contribution in [0.2, 0.25) is 18.1 Å². The molecular weight excluding hydrogens is 296 g/mol. The van der Waals surface area contributed by atoms with E-state index in [1.165, 1.54) is 0 Å². The highest BCUT2D eigenvalue weighted by atomic mass is 32.2. The summed E-state index contributed by atoms with van der Waals surface area (Å²) in [5.41, 5.74) is -0.688. The summed E-state index contributed by atoms with van der Waals surface area (Å²) in [7, 11) is -5.75. The maximum Gasteiger partial charge on any atom is 0.321 e. The van der Waals surface area contributed by atoms with Gasteiger partial charge in [0, 0.05) is 0 Å². The van der Waals surface area contributed by atoms with Crippen LogP contribution in [0.15, 0.2) is 0 Å². The first-order chi connectivity index (χ1) is 8.56. The molecule has 0 aromatic carbocycles. The van der Waals surface area contributed by atoms with Crippen molar-refractivity contribution in [3.05, 3.63) is 0 Å². The van der Waals surface area contributed by atoms with Gasteiger partial charge in [0.05, 0.1) is 0 Å². The molecule has 0 aromatic heterocycles. The Kier molecular flexibility index (Phi) is 6.03. The summed E-state index contributed by atoms with van der Waals surface area (Å²) in [5.74, 6) is -1.81. The van der Waals surface area contributed by atoms with Crippen LogP contribution in [0.1, 0.15) is 41.5 Å². The number of sulfone groups is 1. The SMILES string of the molecule is CC(C)(C)OC(=O)CS(=O)(=O)CO[Si](C)(C)C(C)(C)C. The zero-order chi connectivity index (χ0) is 16.4.